The summed E-state index contributed by atoms with van der Waals surface area (Å²) in [5, 5.41) is 8.44. The molecule has 0 aliphatic carbocycles. The topological polar surface area (TPSA) is 49.8 Å². The molecule has 0 amide bonds. The van der Waals surface area contributed by atoms with Gasteiger partial charge in [-0.3, -0.25) is 4.79 Å². The number of epoxide rings is 1. The highest BCUT2D eigenvalue weighted by Crippen LogP contribution is 2.25. The lowest BCUT2D eigenvalue weighted by Crippen LogP contribution is -2.12. The van der Waals surface area contributed by atoms with Crippen molar-refractivity contribution in [1.82, 2.24) is 0 Å². The zero-order valence-electron chi connectivity index (χ0n) is 6.04. The van der Waals surface area contributed by atoms with Gasteiger partial charge in [0.25, 0.3) is 0 Å². The molecule has 1 saturated heterocycles. The first-order chi connectivity index (χ1) is 4.74. The van der Waals surface area contributed by atoms with Crippen LogP contribution in [0.3, 0.4) is 0 Å². The average Bonchev–Trinajstić information content (AvgIpc) is 2.63. The second-order valence-corrected chi connectivity index (χ2v) is 2.64. The van der Waals surface area contributed by atoms with Crippen molar-refractivity contribution in [3.8, 4) is 0 Å². The van der Waals surface area contributed by atoms with Crippen LogP contribution in [-0.4, -0.2) is 23.8 Å². The summed E-state index contributed by atoms with van der Waals surface area (Å²) >= 11 is 0. The Morgan fingerprint density at radius 2 is 2.50 bits per heavy atom. The summed E-state index contributed by atoms with van der Waals surface area (Å²) < 4.78 is 5.00. The average molecular weight is 144 g/mol. The Bertz CT molecular complexity index is 129. The van der Waals surface area contributed by atoms with Crippen molar-refractivity contribution in [2.24, 2.45) is 5.92 Å². The van der Waals surface area contributed by atoms with Crippen molar-refractivity contribution in [2.45, 2.75) is 25.9 Å². The number of carbonyl (C=O) groups is 1. The minimum Gasteiger partial charge on any atom is -0.481 e. The Morgan fingerprint density at radius 3 is 2.80 bits per heavy atom. The van der Waals surface area contributed by atoms with Gasteiger partial charge in [-0.2, -0.15) is 0 Å². The maximum absolute atomic E-state index is 10.2. The molecule has 1 aliphatic rings. The number of hydrogen-bond acceptors (Lipinski definition) is 2. The van der Waals surface area contributed by atoms with Crippen molar-refractivity contribution in [3.05, 3.63) is 0 Å². The molecule has 0 radical (unpaired) electrons. The highest BCUT2D eigenvalue weighted by molar-refractivity contribution is 5.67. The zero-order valence-corrected chi connectivity index (χ0v) is 6.04. The van der Waals surface area contributed by atoms with E-state index in [2.05, 4.69) is 0 Å². The van der Waals surface area contributed by atoms with Crippen LogP contribution < -0.4 is 0 Å². The van der Waals surface area contributed by atoms with Gasteiger partial charge in [0, 0.05) is 0 Å². The smallest absolute Gasteiger partial charge is 0.303 e. The van der Waals surface area contributed by atoms with Gasteiger partial charge in [-0.05, 0) is 5.92 Å². The third-order valence-corrected chi connectivity index (χ3v) is 1.85. The van der Waals surface area contributed by atoms with Crippen molar-refractivity contribution >= 4 is 5.97 Å². The summed E-state index contributed by atoms with van der Waals surface area (Å²) in [6.07, 6.45) is 1.39. The van der Waals surface area contributed by atoms with Crippen molar-refractivity contribution in [1.29, 1.82) is 0 Å². The third kappa shape index (κ3) is 1.99. The molecule has 0 aromatic rings. The predicted molar refractivity (Wildman–Crippen MR) is 35.8 cm³/mol. The molecule has 10 heavy (non-hydrogen) atoms. The Balaban J connectivity index is 2.25. The molecule has 1 fully saturated rings. The molecule has 1 rings (SSSR count). The third-order valence-electron chi connectivity index (χ3n) is 1.85. The lowest BCUT2D eigenvalue weighted by Gasteiger charge is -2.06. The van der Waals surface area contributed by atoms with Crippen LogP contribution in [0.1, 0.15) is 19.8 Å². The van der Waals surface area contributed by atoms with E-state index >= 15 is 0 Å². The molecule has 1 aliphatic heterocycles. The molecule has 0 saturated carbocycles. The van der Waals surface area contributed by atoms with Gasteiger partial charge in [0.1, 0.15) is 0 Å². The van der Waals surface area contributed by atoms with Crippen molar-refractivity contribution in [3.63, 3.8) is 0 Å². The number of carboxylic acids is 1. The molecule has 1 N–H and O–H groups in total. The maximum Gasteiger partial charge on any atom is 0.303 e. The largest absolute Gasteiger partial charge is 0.481 e. The first-order valence-electron chi connectivity index (χ1n) is 3.57. The monoisotopic (exact) mass is 144 g/mol. The van der Waals surface area contributed by atoms with Gasteiger partial charge in [-0.1, -0.05) is 13.3 Å². The fraction of sp³-hybridized carbons (Fsp3) is 0.857. The molecule has 1 heterocycles. The number of aliphatic carboxylic acids is 1. The Morgan fingerprint density at radius 1 is 1.90 bits per heavy atom. The van der Waals surface area contributed by atoms with Crippen LogP contribution in [-0.2, 0) is 9.53 Å². The Kier molecular flexibility index (Phi) is 2.27. The van der Waals surface area contributed by atoms with Crippen LogP contribution in [0, 0.1) is 5.92 Å². The van der Waals surface area contributed by atoms with Crippen LogP contribution >= 0.6 is 0 Å². The lowest BCUT2D eigenvalue weighted by atomic mass is 9.99. The highest BCUT2D eigenvalue weighted by atomic mass is 16.6. The summed E-state index contributed by atoms with van der Waals surface area (Å²) in [5.74, 6) is -0.486. The first-order valence-corrected chi connectivity index (χ1v) is 3.57. The van der Waals surface area contributed by atoms with E-state index in [9.17, 15) is 4.79 Å². The van der Waals surface area contributed by atoms with Crippen LogP contribution in [0.2, 0.25) is 0 Å². The summed E-state index contributed by atoms with van der Waals surface area (Å²) in [6, 6.07) is 0. The molecule has 0 bridgehead atoms. The van der Waals surface area contributed by atoms with Crippen LogP contribution in [0.25, 0.3) is 0 Å². The molecule has 0 aromatic heterocycles. The minimum atomic E-state index is -0.720. The maximum atomic E-state index is 10.2. The first kappa shape index (κ1) is 7.54. The molecule has 3 heteroatoms. The Labute approximate surface area is 60.0 Å². The molecule has 1 unspecified atom stereocenters. The highest BCUT2D eigenvalue weighted by Gasteiger charge is 2.32. The molecule has 0 spiro atoms. The van der Waals surface area contributed by atoms with E-state index in [1.54, 1.807) is 0 Å². The molecular weight excluding hydrogens is 132 g/mol. The van der Waals surface area contributed by atoms with Crippen molar-refractivity contribution < 1.29 is 14.6 Å². The van der Waals surface area contributed by atoms with E-state index in [4.69, 9.17) is 9.84 Å². The van der Waals surface area contributed by atoms with Gasteiger partial charge < -0.3 is 9.84 Å². The van der Waals surface area contributed by atoms with Gasteiger partial charge in [0.2, 0.25) is 0 Å². The molecular formula is C7H12O3. The van der Waals surface area contributed by atoms with E-state index in [-0.39, 0.29) is 18.4 Å². The van der Waals surface area contributed by atoms with E-state index in [1.807, 2.05) is 6.92 Å². The summed E-state index contributed by atoms with van der Waals surface area (Å²) in [4.78, 5) is 10.2. The lowest BCUT2D eigenvalue weighted by molar-refractivity contribution is -0.138. The van der Waals surface area contributed by atoms with E-state index in [1.165, 1.54) is 0 Å². The number of hydrogen-bond donors (Lipinski definition) is 1. The number of rotatable bonds is 4. The van der Waals surface area contributed by atoms with Crippen molar-refractivity contribution in [2.75, 3.05) is 6.61 Å². The number of ether oxygens (including phenoxy) is 1. The van der Waals surface area contributed by atoms with Crippen LogP contribution in [0.4, 0.5) is 0 Å². The predicted octanol–water partition coefficient (Wildman–Crippen LogP) is 0.886. The van der Waals surface area contributed by atoms with Gasteiger partial charge in [0.05, 0.1) is 19.1 Å². The van der Waals surface area contributed by atoms with Gasteiger partial charge in [-0.15, -0.1) is 0 Å². The molecule has 0 aromatic carbocycles. The summed E-state index contributed by atoms with van der Waals surface area (Å²) in [6.45, 7) is 2.75. The molecule has 58 valence electrons. The normalized spacial score (nSPS) is 25.9. The summed E-state index contributed by atoms with van der Waals surface area (Å²) in [7, 11) is 0. The van der Waals surface area contributed by atoms with Gasteiger partial charge in [0.15, 0.2) is 0 Å². The second kappa shape index (κ2) is 3.01. The second-order valence-electron chi connectivity index (χ2n) is 2.64. The van der Waals surface area contributed by atoms with E-state index in [0.29, 0.717) is 0 Å². The molecule has 3 nitrogen and oxygen atoms in total. The SMILES string of the molecule is CC[C@H](CC(=O)O)C1CO1. The fourth-order valence-corrected chi connectivity index (χ4v) is 1.09. The minimum absolute atomic E-state index is 0.234. The zero-order chi connectivity index (χ0) is 7.56. The van der Waals surface area contributed by atoms with Gasteiger partial charge >= 0.3 is 5.97 Å². The van der Waals surface area contributed by atoms with Crippen LogP contribution in [0.15, 0.2) is 0 Å². The van der Waals surface area contributed by atoms with E-state index < -0.39 is 5.97 Å². The standard InChI is InChI=1S/C7H12O3/c1-2-5(3-7(8)9)6-4-10-6/h5-6H,2-4H2,1H3,(H,8,9)/t5-,6?/m1/s1. The Hall–Kier alpha value is -0.570. The van der Waals surface area contributed by atoms with Gasteiger partial charge in [-0.25, -0.2) is 0 Å². The molecule has 2 atom stereocenters. The van der Waals surface area contributed by atoms with E-state index in [0.717, 1.165) is 13.0 Å². The summed E-state index contributed by atoms with van der Waals surface area (Å²) in [5.41, 5.74) is 0. The van der Waals surface area contributed by atoms with Crippen LogP contribution in [0.5, 0.6) is 0 Å². The fourth-order valence-electron chi connectivity index (χ4n) is 1.09. The number of carboxylic acid groups (broad SMARTS) is 1. The quantitative estimate of drug-likeness (QED) is 0.596.